The molecular weight excluding hydrogens is 198 g/mol. The van der Waals surface area contributed by atoms with Crippen molar-refractivity contribution in [3.8, 4) is 0 Å². The first-order valence-corrected chi connectivity index (χ1v) is 6.74. The minimum Gasteiger partial charge on any atom is -0.379 e. The van der Waals surface area contributed by atoms with Crippen LogP contribution in [-0.4, -0.2) is 37.7 Å². The van der Waals surface area contributed by atoms with Gasteiger partial charge >= 0.3 is 0 Å². The number of nitrogens with zero attached hydrogens (tertiary/aromatic N) is 1. The fourth-order valence-corrected chi connectivity index (χ4v) is 2.75. The monoisotopic (exact) mass is 223 g/mol. The lowest BCUT2D eigenvalue weighted by atomic mass is 9.85. The first kappa shape index (κ1) is 12.1. The second-order valence-electron chi connectivity index (χ2n) is 5.49. The Balaban J connectivity index is 1.76. The predicted octanol–water partition coefficient (Wildman–Crippen LogP) is 2.70. The lowest BCUT2D eigenvalue weighted by Gasteiger charge is -2.32. The van der Waals surface area contributed by atoms with Crippen LogP contribution in [0.1, 0.15) is 33.1 Å². The molecule has 2 rings (SSSR count). The molecule has 2 aliphatic rings. The van der Waals surface area contributed by atoms with E-state index < -0.39 is 0 Å². The summed E-state index contributed by atoms with van der Waals surface area (Å²) in [5, 5.41) is 0. The van der Waals surface area contributed by atoms with Gasteiger partial charge in [-0.1, -0.05) is 25.5 Å². The van der Waals surface area contributed by atoms with Crippen LogP contribution < -0.4 is 0 Å². The van der Waals surface area contributed by atoms with Gasteiger partial charge in [0.1, 0.15) is 0 Å². The van der Waals surface area contributed by atoms with Crippen molar-refractivity contribution in [3.63, 3.8) is 0 Å². The summed E-state index contributed by atoms with van der Waals surface area (Å²) in [5.41, 5.74) is 1.68. The topological polar surface area (TPSA) is 12.5 Å². The Morgan fingerprint density at radius 1 is 1.38 bits per heavy atom. The number of ether oxygens (including phenoxy) is 1. The van der Waals surface area contributed by atoms with E-state index in [0.717, 1.165) is 38.1 Å². The van der Waals surface area contributed by atoms with Gasteiger partial charge in [-0.25, -0.2) is 0 Å². The molecule has 0 spiro atoms. The van der Waals surface area contributed by atoms with Gasteiger partial charge in [0, 0.05) is 19.6 Å². The van der Waals surface area contributed by atoms with Gasteiger partial charge in [0.15, 0.2) is 0 Å². The predicted molar refractivity (Wildman–Crippen MR) is 67.5 cm³/mol. The van der Waals surface area contributed by atoms with Crippen molar-refractivity contribution in [2.45, 2.75) is 33.1 Å². The second-order valence-corrected chi connectivity index (χ2v) is 5.49. The van der Waals surface area contributed by atoms with Crippen LogP contribution in [0.25, 0.3) is 0 Å². The van der Waals surface area contributed by atoms with Gasteiger partial charge in [0.05, 0.1) is 13.2 Å². The Bertz CT molecular complexity index is 241. The summed E-state index contributed by atoms with van der Waals surface area (Å²) in [6.07, 6.45) is 6.51. The molecule has 0 saturated carbocycles. The third-order valence-electron chi connectivity index (χ3n) is 3.92. The van der Waals surface area contributed by atoms with Crippen molar-refractivity contribution >= 4 is 0 Å². The van der Waals surface area contributed by atoms with E-state index in [9.17, 15) is 0 Å². The van der Waals surface area contributed by atoms with Crippen molar-refractivity contribution in [1.82, 2.24) is 4.90 Å². The Kier molecular flexibility index (Phi) is 4.42. The highest BCUT2D eigenvalue weighted by Crippen LogP contribution is 2.28. The Hall–Kier alpha value is -0.340. The Morgan fingerprint density at radius 2 is 2.12 bits per heavy atom. The van der Waals surface area contributed by atoms with Crippen LogP contribution in [0.15, 0.2) is 11.6 Å². The lowest BCUT2D eigenvalue weighted by Crippen LogP contribution is -2.39. The number of hydrogen-bond donors (Lipinski definition) is 0. The summed E-state index contributed by atoms with van der Waals surface area (Å²) in [4.78, 5) is 2.57. The molecule has 0 aromatic heterocycles. The van der Waals surface area contributed by atoms with Crippen LogP contribution in [0, 0.1) is 11.8 Å². The van der Waals surface area contributed by atoms with Gasteiger partial charge in [0.25, 0.3) is 0 Å². The lowest BCUT2D eigenvalue weighted by molar-refractivity contribution is 0.0298. The highest BCUT2D eigenvalue weighted by atomic mass is 16.5. The molecule has 0 radical (unpaired) electrons. The molecule has 0 aromatic carbocycles. The Labute approximate surface area is 99.7 Å². The standard InChI is InChI=1S/C14H25NO/c1-12(2)14-5-3-13(4-6-14)11-15-7-9-16-10-8-15/h5,12-13H,3-4,6-11H2,1-2H3. The van der Waals surface area contributed by atoms with E-state index in [1.807, 2.05) is 0 Å². The fourth-order valence-electron chi connectivity index (χ4n) is 2.75. The molecule has 2 heteroatoms. The highest BCUT2D eigenvalue weighted by molar-refractivity contribution is 5.08. The van der Waals surface area contributed by atoms with E-state index in [1.165, 1.54) is 25.8 Å². The third kappa shape index (κ3) is 3.33. The second kappa shape index (κ2) is 5.83. The van der Waals surface area contributed by atoms with Crippen LogP contribution in [0.2, 0.25) is 0 Å². The van der Waals surface area contributed by atoms with Crippen molar-refractivity contribution in [1.29, 1.82) is 0 Å². The number of rotatable bonds is 3. The molecule has 0 N–H and O–H groups in total. The summed E-state index contributed by atoms with van der Waals surface area (Å²) in [6.45, 7) is 10.0. The van der Waals surface area contributed by atoms with Crippen molar-refractivity contribution < 1.29 is 4.74 Å². The fraction of sp³-hybridized carbons (Fsp3) is 0.857. The van der Waals surface area contributed by atoms with E-state index in [-0.39, 0.29) is 0 Å². The summed E-state index contributed by atoms with van der Waals surface area (Å²) in [5.74, 6) is 1.64. The SMILES string of the molecule is CC(C)C1=CCC(CN2CCOCC2)CC1. The summed E-state index contributed by atoms with van der Waals surface area (Å²) in [6, 6.07) is 0. The van der Waals surface area contributed by atoms with Gasteiger partial charge in [-0.15, -0.1) is 0 Å². The quantitative estimate of drug-likeness (QED) is 0.682. The maximum Gasteiger partial charge on any atom is 0.0594 e. The van der Waals surface area contributed by atoms with Crippen LogP contribution in [0.3, 0.4) is 0 Å². The van der Waals surface area contributed by atoms with E-state index in [2.05, 4.69) is 24.8 Å². The normalized spacial score (nSPS) is 28.2. The first-order valence-electron chi connectivity index (χ1n) is 6.74. The Morgan fingerprint density at radius 3 is 2.69 bits per heavy atom. The molecule has 0 aromatic rings. The van der Waals surface area contributed by atoms with Crippen molar-refractivity contribution in [3.05, 3.63) is 11.6 Å². The number of allylic oxidation sites excluding steroid dienone is 2. The summed E-state index contributed by atoms with van der Waals surface area (Å²) >= 11 is 0. The van der Waals surface area contributed by atoms with E-state index in [1.54, 1.807) is 5.57 Å². The zero-order valence-electron chi connectivity index (χ0n) is 10.7. The van der Waals surface area contributed by atoms with Crippen molar-refractivity contribution in [2.24, 2.45) is 11.8 Å². The molecule has 1 unspecified atom stereocenters. The van der Waals surface area contributed by atoms with Crippen LogP contribution in [0.4, 0.5) is 0 Å². The minimum absolute atomic E-state index is 0.754. The van der Waals surface area contributed by atoms with Crippen LogP contribution in [-0.2, 0) is 4.74 Å². The van der Waals surface area contributed by atoms with Gasteiger partial charge < -0.3 is 4.74 Å². The summed E-state index contributed by atoms with van der Waals surface area (Å²) in [7, 11) is 0. The van der Waals surface area contributed by atoms with Gasteiger partial charge in [-0.3, -0.25) is 4.90 Å². The molecule has 16 heavy (non-hydrogen) atoms. The number of hydrogen-bond acceptors (Lipinski definition) is 2. The third-order valence-corrected chi connectivity index (χ3v) is 3.92. The minimum atomic E-state index is 0.754. The molecule has 1 atom stereocenters. The zero-order chi connectivity index (χ0) is 11.4. The maximum atomic E-state index is 5.38. The summed E-state index contributed by atoms with van der Waals surface area (Å²) < 4.78 is 5.38. The van der Waals surface area contributed by atoms with Gasteiger partial charge in [-0.2, -0.15) is 0 Å². The van der Waals surface area contributed by atoms with Crippen LogP contribution >= 0.6 is 0 Å². The van der Waals surface area contributed by atoms with Gasteiger partial charge in [0.2, 0.25) is 0 Å². The molecule has 0 amide bonds. The van der Waals surface area contributed by atoms with Crippen LogP contribution in [0.5, 0.6) is 0 Å². The molecule has 1 heterocycles. The molecule has 1 aliphatic carbocycles. The largest absolute Gasteiger partial charge is 0.379 e. The van der Waals surface area contributed by atoms with E-state index >= 15 is 0 Å². The first-order chi connectivity index (χ1) is 7.75. The van der Waals surface area contributed by atoms with E-state index in [0.29, 0.717) is 0 Å². The molecule has 92 valence electrons. The molecule has 1 saturated heterocycles. The maximum absolute atomic E-state index is 5.38. The molecule has 1 fully saturated rings. The number of morpholine rings is 1. The molecule has 0 bridgehead atoms. The van der Waals surface area contributed by atoms with Crippen molar-refractivity contribution in [2.75, 3.05) is 32.8 Å². The average molecular weight is 223 g/mol. The average Bonchev–Trinajstić information content (AvgIpc) is 2.31. The molecule has 1 aliphatic heterocycles. The highest BCUT2D eigenvalue weighted by Gasteiger charge is 2.19. The van der Waals surface area contributed by atoms with Gasteiger partial charge in [-0.05, 0) is 31.1 Å². The smallest absolute Gasteiger partial charge is 0.0594 e. The molecular formula is C14H25NO. The molecule has 2 nitrogen and oxygen atoms in total. The zero-order valence-corrected chi connectivity index (χ0v) is 10.7. The van der Waals surface area contributed by atoms with E-state index in [4.69, 9.17) is 4.74 Å².